The predicted octanol–water partition coefficient (Wildman–Crippen LogP) is 3.57. The normalized spacial score (nSPS) is 11.9. The number of halogens is 2. The lowest BCUT2D eigenvalue weighted by atomic mass is 10.2. The number of amides is 1. The first-order valence-electron chi connectivity index (χ1n) is 7.63. The molecule has 138 valence electrons. The lowest BCUT2D eigenvalue weighted by Crippen LogP contribution is -2.26. The summed E-state index contributed by atoms with van der Waals surface area (Å²) in [6, 6.07) is 11.6. The van der Waals surface area contributed by atoms with E-state index in [4.69, 9.17) is 23.2 Å². The highest BCUT2D eigenvalue weighted by molar-refractivity contribution is 7.89. The van der Waals surface area contributed by atoms with E-state index in [1.54, 1.807) is 42.5 Å². The van der Waals surface area contributed by atoms with Crippen molar-refractivity contribution in [2.45, 2.75) is 11.4 Å². The fraction of sp³-hybridized carbons (Fsp3) is 0.167. The van der Waals surface area contributed by atoms with E-state index >= 15 is 0 Å². The summed E-state index contributed by atoms with van der Waals surface area (Å²) in [6.45, 7) is 0.0911. The van der Waals surface area contributed by atoms with Gasteiger partial charge < -0.3 is 5.32 Å². The Hall–Kier alpha value is -1.86. The Morgan fingerprint density at radius 1 is 1.12 bits per heavy atom. The fourth-order valence-corrected chi connectivity index (χ4v) is 3.55. The molecule has 1 N–H and O–H groups in total. The molecule has 0 heterocycles. The Morgan fingerprint density at radius 3 is 2.46 bits per heavy atom. The van der Waals surface area contributed by atoms with Crippen LogP contribution in [0.5, 0.6) is 0 Å². The van der Waals surface area contributed by atoms with Crippen LogP contribution in [0.15, 0.2) is 53.4 Å². The zero-order valence-electron chi connectivity index (χ0n) is 14.2. The van der Waals surface area contributed by atoms with E-state index < -0.39 is 10.0 Å². The number of nitrogens with one attached hydrogen (secondary N) is 1. The maximum Gasteiger partial charge on any atom is 0.244 e. The summed E-state index contributed by atoms with van der Waals surface area (Å²) in [5.41, 5.74) is 1.24. The molecule has 0 fully saturated rings. The average molecular weight is 413 g/mol. The summed E-state index contributed by atoms with van der Waals surface area (Å²) in [5, 5.41) is 3.52. The average Bonchev–Trinajstić information content (AvgIpc) is 2.61. The zero-order valence-corrected chi connectivity index (χ0v) is 16.6. The number of carbonyl (C=O) groups is 1. The van der Waals surface area contributed by atoms with E-state index in [0.717, 1.165) is 9.87 Å². The van der Waals surface area contributed by atoms with Gasteiger partial charge in [-0.1, -0.05) is 47.5 Å². The van der Waals surface area contributed by atoms with Gasteiger partial charge in [0.2, 0.25) is 15.9 Å². The molecular weight excluding hydrogens is 395 g/mol. The first-order valence-corrected chi connectivity index (χ1v) is 9.83. The van der Waals surface area contributed by atoms with Gasteiger partial charge in [0.25, 0.3) is 0 Å². The number of sulfonamides is 1. The monoisotopic (exact) mass is 412 g/mol. The lowest BCUT2D eigenvalue weighted by Gasteiger charge is -2.15. The highest BCUT2D eigenvalue weighted by atomic mass is 35.5. The first-order chi connectivity index (χ1) is 12.2. The van der Waals surface area contributed by atoms with Gasteiger partial charge in [-0.15, -0.1) is 0 Å². The summed E-state index contributed by atoms with van der Waals surface area (Å²) in [7, 11) is -0.657. The van der Waals surface area contributed by atoms with Crippen LogP contribution in [-0.2, 0) is 21.4 Å². The smallest absolute Gasteiger partial charge is 0.244 e. The van der Waals surface area contributed by atoms with Crippen LogP contribution in [0.2, 0.25) is 10.0 Å². The number of carbonyl (C=O) groups excluding carboxylic acids is 1. The largest absolute Gasteiger partial charge is 0.348 e. The van der Waals surface area contributed by atoms with Gasteiger partial charge >= 0.3 is 0 Å². The van der Waals surface area contributed by atoms with Crippen LogP contribution in [0, 0.1) is 0 Å². The van der Waals surface area contributed by atoms with Crippen LogP contribution >= 0.6 is 23.2 Å². The van der Waals surface area contributed by atoms with Crippen molar-refractivity contribution < 1.29 is 13.2 Å². The van der Waals surface area contributed by atoms with Crippen LogP contribution in [0.4, 0.5) is 0 Å². The molecule has 8 heteroatoms. The van der Waals surface area contributed by atoms with Crippen molar-refractivity contribution >= 4 is 45.2 Å². The van der Waals surface area contributed by atoms with Crippen molar-refractivity contribution in [2.24, 2.45) is 0 Å². The topological polar surface area (TPSA) is 66.5 Å². The predicted molar refractivity (Wildman–Crippen MR) is 105 cm³/mol. The molecular formula is C18H18Cl2N2O3S. The zero-order chi connectivity index (χ0) is 19.3. The molecule has 0 spiro atoms. The van der Waals surface area contributed by atoms with Crippen LogP contribution in [0.3, 0.4) is 0 Å². The Labute approximate surface area is 163 Å². The molecule has 0 aliphatic rings. The summed E-state index contributed by atoms with van der Waals surface area (Å²) >= 11 is 11.8. The van der Waals surface area contributed by atoms with E-state index in [1.165, 1.54) is 26.2 Å². The van der Waals surface area contributed by atoms with Gasteiger partial charge in [-0.25, -0.2) is 12.7 Å². The van der Waals surface area contributed by atoms with Crippen LogP contribution in [-0.4, -0.2) is 32.7 Å². The molecule has 0 aromatic heterocycles. The molecule has 0 aliphatic carbocycles. The summed E-state index contributed by atoms with van der Waals surface area (Å²) in [4.78, 5) is 12.2. The van der Waals surface area contributed by atoms with Crippen molar-refractivity contribution in [1.82, 2.24) is 9.62 Å². The molecule has 0 atom stereocenters. The number of nitrogens with zero attached hydrogens (tertiary/aromatic N) is 1. The second kappa shape index (κ2) is 8.68. The van der Waals surface area contributed by atoms with Gasteiger partial charge in [0.05, 0.1) is 14.9 Å². The minimum Gasteiger partial charge on any atom is -0.348 e. The van der Waals surface area contributed by atoms with Crippen molar-refractivity contribution in [1.29, 1.82) is 0 Å². The van der Waals surface area contributed by atoms with E-state index in [9.17, 15) is 13.2 Å². The second-order valence-corrected chi connectivity index (χ2v) is 8.55. The Bertz CT molecular complexity index is 941. The number of benzene rings is 2. The Kier molecular flexibility index (Phi) is 6.83. The number of rotatable bonds is 6. The van der Waals surface area contributed by atoms with Gasteiger partial charge in [-0.3, -0.25) is 4.79 Å². The number of hydrogen-bond acceptors (Lipinski definition) is 3. The maximum atomic E-state index is 12.3. The first kappa shape index (κ1) is 20.5. The summed E-state index contributed by atoms with van der Waals surface area (Å²) < 4.78 is 25.8. The van der Waals surface area contributed by atoms with Gasteiger partial charge in [0.1, 0.15) is 0 Å². The minimum absolute atomic E-state index is 0.0911. The van der Waals surface area contributed by atoms with Gasteiger partial charge in [0.15, 0.2) is 0 Å². The van der Waals surface area contributed by atoms with E-state index in [2.05, 4.69) is 5.32 Å². The number of hydrogen-bond donors (Lipinski definition) is 1. The van der Waals surface area contributed by atoms with Crippen LogP contribution < -0.4 is 5.32 Å². The quantitative estimate of drug-likeness (QED) is 0.737. The van der Waals surface area contributed by atoms with Crippen LogP contribution in [0.1, 0.15) is 11.1 Å². The maximum absolute atomic E-state index is 12.3. The van der Waals surface area contributed by atoms with Gasteiger partial charge in [0, 0.05) is 26.7 Å². The third-order valence-electron chi connectivity index (χ3n) is 3.56. The Balaban J connectivity index is 2.08. The fourth-order valence-electron chi connectivity index (χ4n) is 2.13. The third kappa shape index (κ3) is 5.08. The molecule has 0 saturated heterocycles. The van der Waals surface area contributed by atoms with Crippen molar-refractivity contribution in [3.05, 3.63) is 69.7 Å². The summed E-state index contributed by atoms with van der Waals surface area (Å²) in [6.07, 6.45) is 2.95. The molecule has 1 amide bonds. The van der Waals surface area contributed by atoms with Crippen molar-refractivity contribution in [3.63, 3.8) is 0 Å². The molecule has 0 bridgehead atoms. The molecule has 2 rings (SSSR count). The molecule has 2 aromatic rings. The van der Waals surface area contributed by atoms with Crippen LogP contribution in [0.25, 0.3) is 6.08 Å². The van der Waals surface area contributed by atoms with Crippen molar-refractivity contribution in [3.8, 4) is 0 Å². The standard InChI is InChI=1S/C18H18Cl2N2O3S/c1-22(2)26(24,25)17-6-4-3-5-14(17)12-21-18(23)10-8-13-7-9-15(19)16(20)11-13/h3-11H,12H2,1-2H3,(H,21,23)/b10-8+. The highest BCUT2D eigenvalue weighted by Gasteiger charge is 2.20. The molecule has 2 aromatic carbocycles. The summed E-state index contributed by atoms with van der Waals surface area (Å²) in [5.74, 6) is -0.354. The molecule has 0 aliphatic heterocycles. The van der Waals surface area contributed by atoms with E-state index in [1.807, 2.05) is 0 Å². The molecule has 5 nitrogen and oxygen atoms in total. The molecule has 0 radical (unpaired) electrons. The second-order valence-electron chi connectivity index (χ2n) is 5.62. The Morgan fingerprint density at radius 2 is 1.81 bits per heavy atom. The SMILES string of the molecule is CN(C)S(=O)(=O)c1ccccc1CNC(=O)/C=C/c1ccc(Cl)c(Cl)c1. The van der Waals surface area contributed by atoms with Gasteiger partial charge in [-0.2, -0.15) is 0 Å². The van der Waals surface area contributed by atoms with Crippen molar-refractivity contribution in [2.75, 3.05) is 14.1 Å². The van der Waals surface area contributed by atoms with Gasteiger partial charge in [-0.05, 0) is 35.4 Å². The minimum atomic E-state index is -3.58. The highest BCUT2D eigenvalue weighted by Crippen LogP contribution is 2.23. The molecule has 0 saturated carbocycles. The third-order valence-corrected chi connectivity index (χ3v) is 6.21. The molecule has 26 heavy (non-hydrogen) atoms. The van der Waals surface area contributed by atoms with E-state index in [-0.39, 0.29) is 17.3 Å². The lowest BCUT2D eigenvalue weighted by molar-refractivity contribution is -0.116. The van der Waals surface area contributed by atoms with E-state index in [0.29, 0.717) is 15.6 Å². The molecule has 0 unspecified atom stereocenters.